The van der Waals surface area contributed by atoms with Crippen LogP contribution >= 0.6 is 0 Å². The minimum absolute atomic E-state index is 0.305. The molecule has 0 spiro atoms. The van der Waals surface area contributed by atoms with Crippen LogP contribution in [-0.2, 0) is 19.6 Å². The average molecular weight is 367 g/mol. The first kappa shape index (κ1) is 19.4. The molecule has 0 aromatic heterocycles. The van der Waals surface area contributed by atoms with Crippen LogP contribution in [0.3, 0.4) is 0 Å². The summed E-state index contributed by atoms with van der Waals surface area (Å²) in [5, 5.41) is 0. The molecule has 0 heterocycles. The molecule has 2 rings (SSSR count). The smallest absolute Gasteiger partial charge is 0.306 e. The first-order chi connectivity index (χ1) is 11.7. The van der Waals surface area contributed by atoms with Crippen LogP contribution in [0.1, 0.15) is 55.8 Å². The Balaban J connectivity index is 1.85. The quantitative estimate of drug-likeness (QED) is 0.563. The summed E-state index contributed by atoms with van der Waals surface area (Å²) in [5.41, 5.74) is 0.746. The molecule has 0 aliphatic heterocycles. The number of hydrogen-bond donors (Lipinski definition) is 1. The van der Waals surface area contributed by atoms with Gasteiger partial charge in [0.25, 0.3) is 0 Å². The van der Waals surface area contributed by atoms with Gasteiger partial charge in [-0.1, -0.05) is 25.7 Å². The number of ether oxygens (including phenoxy) is 1. The second-order valence-corrected chi connectivity index (χ2v) is 8.39. The molecule has 1 fully saturated rings. The first-order valence-electron chi connectivity index (χ1n) is 8.56. The zero-order valence-electron chi connectivity index (χ0n) is 14.7. The second-order valence-electron chi connectivity index (χ2n) is 6.64. The van der Waals surface area contributed by atoms with Crippen LogP contribution in [0.2, 0.25) is 0 Å². The molecule has 7 heteroatoms. The van der Waals surface area contributed by atoms with Gasteiger partial charge >= 0.3 is 5.97 Å². The van der Waals surface area contributed by atoms with E-state index in [2.05, 4.69) is 4.72 Å². The van der Waals surface area contributed by atoms with Gasteiger partial charge in [0.2, 0.25) is 15.8 Å². The number of benzene rings is 1. The Bertz CT molecular complexity index is 705. The summed E-state index contributed by atoms with van der Waals surface area (Å²) in [7, 11) is -3.36. The maximum Gasteiger partial charge on any atom is 0.306 e. The molecule has 1 saturated carbocycles. The van der Waals surface area contributed by atoms with Gasteiger partial charge in [0.05, 0.1) is 6.26 Å². The third kappa shape index (κ3) is 6.49. The van der Waals surface area contributed by atoms with Crippen LogP contribution in [0.15, 0.2) is 24.3 Å². The van der Waals surface area contributed by atoms with Crippen molar-refractivity contribution in [2.45, 2.75) is 51.6 Å². The summed E-state index contributed by atoms with van der Waals surface area (Å²) >= 11 is 0. The van der Waals surface area contributed by atoms with Crippen LogP contribution in [0.5, 0.6) is 0 Å². The third-order valence-corrected chi connectivity index (χ3v) is 4.99. The molecule has 1 aromatic rings. The Morgan fingerprint density at radius 3 is 2.36 bits per heavy atom. The second kappa shape index (κ2) is 8.47. The summed E-state index contributed by atoms with van der Waals surface area (Å²) in [4.78, 5) is 24.2. The van der Waals surface area contributed by atoms with Gasteiger partial charge in [-0.05, 0) is 43.5 Å². The van der Waals surface area contributed by atoms with Gasteiger partial charge in [-0.25, -0.2) is 8.42 Å². The van der Waals surface area contributed by atoms with E-state index in [0.717, 1.165) is 12.7 Å². The summed E-state index contributed by atoms with van der Waals surface area (Å²) in [6.45, 7) is 1.55. The van der Waals surface area contributed by atoms with E-state index in [-0.39, 0.29) is 11.8 Å². The summed E-state index contributed by atoms with van der Waals surface area (Å²) in [5.74, 6) is -0.0447. The van der Waals surface area contributed by atoms with Crippen molar-refractivity contribution in [1.29, 1.82) is 0 Å². The molecule has 0 saturated heterocycles. The van der Waals surface area contributed by atoms with Gasteiger partial charge in [-0.15, -0.1) is 0 Å². The lowest BCUT2D eigenvalue weighted by molar-refractivity contribution is -0.146. The van der Waals surface area contributed by atoms with E-state index in [9.17, 15) is 18.0 Å². The predicted molar refractivity (Wildman–Crippen MR) is 96.0 cm³/mol. The van der Waals surface area contributed by atoms with Gasteiger partial charge in [0, 0.05) is 17.7 Å². The molecule has 1 atom stereocenters. The maximum atomic E-state index is 12.3. The fourth-order valence-corrected chi connectivity index (χ4v) is 3.65. The van der Waals surface area contributed by atoms with Crippen LogP contribution in [0.4, 0.5) is 5.69 Å². The number of ketones is 1. The van der Waals surface area contributed by atoms with Gasteiger partial charge in [0.15, 0.2) is 6.10 Å². The van der Waals surface area contributed by atoms with Crippen molar-refractivity contribution >= 4 is 27.5 Å². The van der Waals surface area contributed by atoms with E-state index in [4.69, 9.17) is 4.74 Å². The lowest BCUT2D eigenvalue weighted by Crippen LogP contribution is -2.24. The van der Waals surface area contributed by atoms with Crippen molar-refractivity contribution in [2.75, 3.05) is 11.0 Å². The first-order valence-corrected chi connectivity index (χ1v) is 10.5. The molecule has 0 bridgehead atoms. The molecular weight excluding hydrogens is 342 g/mol. The Morgan fingerprint density at radius 1 is 1.20 bits per heavy atom. The number of sulfonamides is 1. The molecule has 25 heavy (non-hydrogen) atoms. The Labute approximate surface area is 149 Å². The fourth-order valence-electron chi connectivity index (χ4n) is 3.08. The molecule has 1 aliphatic carbocycles. The minimum atomic E-state index is -3.36. The van der Waals surface area contributed by atoms with Crippen LogP contribution in [0, 0.1) is 5.92 Å². The predicted octanol–water partition coefficient (Wildman–Crippen LogP) is 3.14. The summed E-state index contributed by atoms with van der Waals surface area (Å²) < 4.78 is 29.9. The standard InChI is InChI=1S/C18H25NO5S/c1-13(24-17(20)12-7-14-5-3-4-6-14)18(21)15-8-10-16(11-9-15)19-25(2,22)23/h8-11,13-14,19H,3-7,12H2,1-2H3/t13-/m0/s1. The van der Waals surface area contributed by atoms with Gasteiger partial charge in [-0.2, -0.15) is 0 Å². The van der Waals surface area contributed by atoms with Crippen LogP contribution < -0.4 is 4.72 Å². The summed E-state index contributed by atoms with van der Waals surface area (Å²) in [6.07, 6.45) is 6.19. The molecule has 1 N–H and O–H groups in total. The number of carbonyl (C=O) groups is 2. The van der Waals surface area contributed by atoms with E-state index in [0.29, 0.717) is 23.6 Å². The number of Topliss-reactive ketones (excluding diaryl/α,β-unsaturated/α-hetero) is 1. The van der Waals surface area contributed by atoms with Crippen molar-refractivity contribution in [3.8, 4) is 0 Å². The molecule has 0 amide bonds. The van der Waals surface area contributed by atoms with E-state index in [1.165, 1.54) is 49.9 Å². The lowest BCUT2D eigenvalue weighted by Gasteiger charge is -2.14. The van der Waals surface area contributed by atoms with Gasteiger partial charge in [-0.3, -0.25) is 14.3 Å². The topological polar surface area (TPSA) is 89.5 Å². The number of esters is 1. The Hall–Kier alpha value is -1.89. The SMILES string of the molecule is C[C@H](OC(=O)CCC1CCCC1)C(=O)c1ccc(NS(C)(=O)=O)cc1. The number of anilines is 1. The van der Waals surface area contributed by atoms with Crippen LogP contribution in [-0.4, -0.2) is 32.5 Å². The van der Waals surface area contributed by atoms with Gasteiger partial charge < -0.3 is 4.74 Å². The number of carbonyl (C=O) groups excluding carboxylic acids is 2. The zero-order chi connectivity index (χ0) is 18.4. The minimum Gasteiger partial charge on any atom is -0.454 e. The molecule has 1 aliphatic rings. The maximum absolute atomic E-state index is 12.3. The molecule has 1 aromatic carbocycles. The zero-order valence-corrected chi connectivity index (χ0v) is 15.5. The molecule has 138 valence electrons. The van der Waals surface area contributed by atoms with Crippen molar-refractivity contribution in [3.05, 3.63) is 29.8 Å². The normalized spacial score (nSPS) is 16.4. The van der Waals surface area contributed by atoms with E-state index < -0.39 is 16.1 Å². The highest BCUT2D eigenvalue weighted by Crippen LogP contribution is 2.28. The number of hydrogen-bond acceptors (Lipinski definition) is 5. The molecule has 0 unspecified atom stereocenters. The number of nitrogens with one attached hydrogen (secondary N) is 1. The highest BCUT2D eigenvalue weighted by atomic mass is 32.2. The highest BCUT2D eigenvalue weighted by Gasteiger charge is 2.21. The van der Waals surface area contributed by atoms with Gasteiger partial charge in [0.1, 0.15) is 0 Å². The number of rotatable bonds is 8. The Kier molecular flexibility index (Phi) is 6.58. The van der Waals surface area contributed by atoms with Crippen molar-refractivity contribution in [3.63, 3.8) is 0 Å². The molecule has 6 nitrogen and oxygen atoms in total. The Morgan fingerprint density at radius 2 is 1.80 bits per heavy atom. The van der Waals surface area contributed by atoms with Crippen molar-refractivity contribution in [2.24, 2.45) is 5.92 Å². The largest absolute Gasteiger partial charge is 0.454 e. The lowest BCUT2D eigenvalue weighted by atomic mass is 10.0. The fraction of sp³-hybridized carbons (Fsp3) is 0.556. The summed E-state index contributed by atoms with van der Waals surface area (Å²) in [6, 6.07) is 6.03. The van der Waals surface area contributed by atoms with Crippen molar-refractivity contribution < 1.29 is 22.7 Å². The third-order valence-electron chi connectivity index (χ3n) is 4.38. The monoisotopic (exact) mass is 367 g/mol. The van der Waals surface area contributed by atoms with Crippen molar-refractivity contribution in [1.82, 2.24) is 0 Å². The van der Waals surface area contributed by atoms with E-state index in [1.807, 2.05) is 0 Å². The average Bonchev–Trinajstić information content (AvgIpc) is 3.05. The van der Waals surface area contributed by atoms with E-state index >= 15 is 0 Å². The molecule has 0 radical (unpaired) electrons. The van der Waals surface area contributed by atoms with E-state index in [1.54, 1.807) is 6.92 Å². The van der Waals surface area contributed by atoms with Crippen LogP contribution in [0.25, 0.3) is 0 Å². The molecular formula is C18H25NO5S. The highest BCUT2D eigenvalue weighted by molar-refractivity contribution is 7.92.